The second-order valence-corrected chi connectivity index (χ2v) is 5.14. The van der Waals surface area contributed by atoms with Crippen molar-refractivity contribution in [2.75, 3.05) is 0 Å². The quantitative estimate of drug-likeness (QED) is 0.832. The normalized spacial score (nSPS) is 15.7. The van der Waals surface area contributed by atoms with Crippen LogP contribution in [0.25, 0.3) is 0 Å². The lowest BCUT2D eigenvalue weighted by Gasteiger charge is -2.20. The number of hydrazine groups is 1. The molecule has 0 spiro atoms. The Hall–Kier alpha value is -1.91. The third-order valence-electron chi connectivity index (χ3n) is 3.61. The van der Waals surface area contributed by atoms with Crippen molar-refractivity contribution in [3.63, 3.8) is 0 Å². The van der Waals surface area contributed by atoms with Gasteiger partial charge >= 0.3 is 0 Å². The average molecular weight is 278 g/mol. The summed E-state index contributed by atoms with van der Waals surface area (Å²) in [6.07, 6.45) is 4.94. The predicted molar refractivity (Wildman–Crippen MR) is 73.0 cm³/mol. The Labute approximate surface area is 117 Å². The highest BCUT2D eigenvalue weighted by atomic mass is 19.1. The van der Waals surface area contributed by atoms with Gasteiger partial charge in [-0.25, -0.2) is 4.39 Å². The van der Waals surface area contributed by atoms with Crippen molar-refractivity contribution in [2.45, 2.75) is 38.5 Å². The van der Waals surface area contributed by atoms with Crippen LogP contribution in [0.3, 0.4) is 0 Å². The van der Waals surface area contributed by atoms with Gasteiger partial charge in [0.25, 0.3) is 0 Å². The number of benzene rings is 1. The summed E-state index contributed by atoms with van der Waals surface area (Å²) in [6.45, 7) is 0. The van der Waals surface area contributed by atoms with Crippen molar-refractivity contribution >= 4 is 11.8 Å². The third kappa shape index (κ3) is 4.05. The van der Waals surface area contributed by atoms with E-state index in [2.05, 4.69) is 10.9 Å². The van der Waals surface area contributed by atoms with Gasteiger partial charge in [0, 0.05) is 5.92 Å². The molecule has 1 aliphatic rings. The molecule has 1 fully saturated rings. The first kappa shape index (κ1) is 14.5. The highest BCUT2D eigenvalue weighted by Gasteiger charge is 2.21. The lowest BCUT2D eigenvalue weighted by molar-refractivity contribution is -0.131. The van der Waals surface area contributed by atoms with Crippen LogP contribution in [0.5, 0.6) is 0 Å². The fourth-order valence-corrected chi connectivity index (χ4v) is 2.46. The molecule has 0 atom stereocenters. The van der Waals surface area contributed by atoms with E-state index in [4.69, 9.17) is 0 Å². The van der Waals surface area contributed by atoms with Gasteiger partial charge < -0.3 is 0 Å². The van der Waals surface area contributed by atoms with Crippen LogP contribution in [0.15, 0.2) is 24.3 Å². The van der Waals surface area contributed by atoms with Crippen molar-refractivity contribution in [1.29, 1.82) is 0 Å². The molecule has 0 saturated heterocycles. The van der Waals surface area contributed by atoms with Crippen LogP contribution in [0.2, 0.25) is 0 Å². The number of rotatable bonds is 3. The molecule has 1 aliphatic carbocycles. The third-order valence-corrected chi connectivity index (χ3v) is 3.61. The average Bonchev–Trinajstić information content (AvgIpc) is 2.48. The molecule has 0 bridgehead atoms. The van der Waals surface area contributed by atoms with Gasteiger partial charge in [0.15, 0.2) is 0 Å². The summed E-state index contributed by atoms with van der Waals surface area (Å²) >= 11 is 0. The Morgan fingerprint density at radius 3 is 2.50 bits per heavy atom. The number of hydrogen-bond acceptors (Lipinski definition) is 2. The molecule has 0 unspecified atom stereocenters. The van der Waals surface area contributed by atoms with Crippen molar-refractivity contribution < 1.29 is 14.0 Å². The molecular formula is C15H19FN2O2. The Kier molecular flexibility index (Phi) is 5.09. The molecule has 0 heterocycles. The number of amides is 2. The molecule has 20 heavy (non-hydrogen) atoms. The summed E-state index contributed by atoms with van der Waals surface area (Å²) < 4.78 is 13.4. The largest absolute Gasteiger partial charge is 0.273 e. The Bertz CT molecular complexity index is 485. The lowest BCUT2D eigenvalue weighted by Crippen LogP contribution is -2.45. The molecule has 2 N–H and O–H groups in total. The molecule has 2 amide bonds. The molecule has 4 nitrogen and oxygen atoms in total. The minimum Gasteiger partial charge on any atom is -0.273 e. The van der Waals surface area contributed by atoms with Gasteiger partial charge in [-0.1, -0.05) is 37.5 Å². The number of hydrogen-bond donors (Lipinski definition) is 2. The van der Waals surface area contributed by atoms with Gasteiger partial charge in [0.05, 0.1) is 6.42 Å². The zero-order chi connectivity index (χ0) is 14.4. The molecule has 108 valence electrons. The van der Waals surface area contributed by atoms with Gasteiger partial charge in [-0.05, 0) is 24.5 Å². The van der Waals surface area contributed by atoms with Crippen LogP contribution in [0.1, 0.15) is 37.7 Å². The first-order valence-electron chi connectivity index (χ1n) is 6.99. The van der Waals surface area contributed by atoms with Crippen LogP contribution < -0.4 is 10.9 Å². The van der Waals surface area contributed by atoms with E-state index in [1.807, 2.05) is 0 Å². The van der Waals surface area contributed by atoms with E-state index in [1.54, 1.807) is 18.2 Å². The van der Waals surface area contributed by atoms with Crippen LogP contribution >= 0.6 is 0 Å². The maximum atomic E-state index is 13.4. The fraction of sp³-hybridized carbons (Fsp3) is 0.467. The summed E-state index contributed by atoms with van der Waals surface area (Å²) in [7, 11) is 0. The van der Waals surface area contributed by atoms with Gasteiger partial charge in [-0.15, -0.1) is 0 Å². The van der Waals surface area contributed by atoms with Crippen LogP contribution in [0, 0.1) is 11.7 Å². The van der Waals surface area contributed by atoms with Crippen molar-refractivity contribution in [1.82, 2.24) is 10.9 Å². The van der Waals surface area contributed by atoms with E-state index in [9.17, 15) is 14.0 Å². The second kappa shape index (κ2) is 7.03. The van der Waals surface area contributed by atoms with E-state index < -0.39 is 11.7 Å². The Balaban J connectivity index is 1.77. The molecule has 5 heteroatoms. The monoisotopic (exact) mass is 278 g/mol. The topological polar surface area (TPSA) is 58.2 Å². The van der Waals surface area contributed by atoms with E-state index in [0.717, 1.165) is 25.7 Å². The van der Waals surface area contributed by atoms with Crippen LogP contribution in [-0.2, 0) is 16.0 Å². The molecule has 0 radical (unpaired) electrons. The van der Waals surface area contributed by atoms with E-state index in [0.29, 0.717) is 5.56 Å². The van der Waals surface area contributed by atoms with Gasteiger partial charge in [-0.3, -0.25) is 20.4 Å². The van der Waals surface area contributed by atoms with E-state index >= 15 is 0 Å². The molecule has 1 aromatic rings. The van der Waals surface area contributed by atoms with Crippen LogP contribution in [0.4, 0.5) is 4.39 Å². The second-order valence-electron chi connectivity index (χ2n) is 5.14. The zero-order valence-corrected chi connectivity index (χ0v) is 11.3. The van der Waals surface area contributed by atoms with Crippen molar-refractivity contribution in [3.8, 4) is 0 Å². The first-order chi connectivity index (χ1) is 9.66. The van der Waals surface area contributed by atoms with E-state index in [1.165, 1.54) is 12.5 Å². The highest BCUT2D eigenvalue weighted by Crippen LogP contribution is 2.23. The minimum absolute atomic E-state index is 0.0162. The Morgan fingerprint density at radius 2 is 1.80 bits per heavy atom. The number of halogens is 1. The van der Waals surface area contributed by atoms with E-state index in [-0.39, 0.29) is 18.2 Å². The SMILES string of the molecule is O=C(Cc1ccccc1F)NNC(=O)C1CCCCC1. The molecule has 0 aromatic heterocycles. The number of nitrogens with one attached hydrogen (secondary N) is 2. The van der Waals surface area contributed by atoms with Crippen molar-refractivity contribution in [2.24, 2.45) is 5.92 Å². The maximum absolute atomic E-state index is 13.4. The molecular weight excluding hydrogens is 259 g/mol. The summed E-state index contributed by atoms with van der Waals surface area (Å²) in [5, 5.41) is 0. The van der Waals surface area contributed by atoms with Gasteiger partial charge in [0.2, 0.25) is 11.8 Å². The van der Waals surface area contributed by atoms with Crippen LogP contribution in [-0.4, -0.2) is 11.8 Å². The molecule has 1 saturated carbocycles. The highest BCUT2D eigenvalue weighted by molar-refractivity contribution is 5.84. The smallest absolute Gasteiger partial charge is 0.242 e. The first-order valence-corrected chi connectivity index (χ1v) is 6.99. The van der Waals surface area contributed by atoms with Gasteiger partial charge in [-0.2, -0.15) is 0 Å². The summed E-state index contributed by atoms with van der Waals surface area (Å²) in [5.74, 6) is -0.996. The Morgan fingerprint density at radius 1 is 1.10 bits per heavy atom. The standard InChI is InChI=1S/C15H19FN2O2/c16-13-9-5-4-8-12(13)10-14(19)17-18-15(20)11-6-2-1-3-7-11/h4-5,8-9,11H,1-3,6-7,10H2,(H,17,19)(H,18,20). The summed E-state index contributed by atoms with van der Waals surface area (Å²) in [4.78, 5) is 23.5. The zero-order valence-electron chi connectivity index (χ0n) is 11.3. The molecule has 2 rings (SSSR count). The maximum Gasteiger partial charge on any atom is 0.242 e. The summed E-state index contributed by atoms with van der Waals surface area (Å²) in [5.41, 5.74) is 5.10. The predicted octanol–water partition coefficient (Wildman–Crippen LogP) is 2.10. The molecule has 1 aromatic carbocycles. The minimum atomic E-state index is -0.417. The fourth-order valence-electron chi connectivity index (χ4n) is 2.46. The van der Waals surface area contributed by atoms with Crippen molar-refractivity contribution in [3.05, 3.63) is 35.6 Å². The number of carbonyl (C=O) groups excluding carboxylic acids is 2. The number of carbonyl (C=O) groups is 2. The summed E-state index contributed by atoms with van der Waals surface area (Å²) in [6, 6.07) is 6.11. The molecule has 0 aliphatic heterocycles. The lowest BCUT2D eigenvalue weighted by atomic mass is 9.89. The van der Waals surface area contributed by atoms with Gasteiger partial charge in [0.1, 0.15) is 5.82 Å².